The molecule has 0 spiro atoms. The number of aryl methyl sites for hydroxylation is 1. The van der Waals surface area contributed by atoms with E-state index in [0.29, 0.717) is 0 Å². The second kappa shape index (κ2) is 4.18. The Morgan fingerprint density at radius 2 is 2.37 bits per heavy atom. The molecule has 0 saturated carbocycles. The average molecular weight is 290 g/mol. The van der Waals surface area contributed by atoms with Crippen LogP contribution in [0.5, 0.6) is 0 Å². The fraction of sp³-hybridized carbons (Fsp3) is 0.462. The van der Waals surface area contributed by atoms with Gasteiger partial charge in [0.2, 0.25) is 0 Å². The first-order chi connectivity index (χ1) is 9.28. The van der Waals surface area contributed by atoms with Crippen LogP contribution in [-0.4, -0.2) is 25.8 Å². The highest BCUT2D eigenvalue weighted by atomic mass is 32.2. The molecule has 0 aromatic carbocycles. The van der Waals surface area contributed by atoms with Crippen molar-refractivity contribution in [1.82, 2.24) is 19.6 Å². The molecule has 0 amide bonds. The first-order valence-corrected chi connectivity index (χ1v) is 8.50. The highest BCUT2D eigenvalue weighted by molar-refractivity contribution is 7.98. The molecule has 0 aliphatic heterocycles. The lowest BCUT2D eigenvalue weighted by Crippen LogP contribution is -2.08. The molecule has 3 aromatic rings. The van der Waals surface area contributed by atoms with Crippen LogP contribution in [0, 0.1) is 5.92 Å². The van der Waals surface area contributed by atoms with Crippen LogP contribution in [0.25, 0.3) is 15.9 Å². The van der Waals surface area contributed by atoms with Gasteiger partial charge in [0.1, 0.15) is 11.2 Å². The fourth-order valence-corrected chi connectivity index (χ4v) is 4.82. The summed E-state index contributed by atoms with van der Waals surface area (Å²) in [4.78, 5) is 7.42. The van der Waals surface area contributed by atoms with E-state index in [4.69, 9.17) is 4.98 Å². The fourth-order valence-electron chi connectivity index (χ4n) is 2.88. The molecule has 0 N–H and O–H groups in total. The lowest BCUT2D eigenvalue weighted by molar-refractivity contribution is 0.509. The Labute approximate surface area is 119 Å². The highest BCUT2D eigenvalue weighted by Gasteiger charge is 2.23. The molecule has 0 radical (unpaired) electrons. The van der Waals surface area contributed by atoms with Crippen LogP contribution >= 0.6 is 23.1 Å². The standard InChI is InChI=1S/C13H14N4S2/c1-7-3-4-8-9(5-7)19-12-10(8)11-16-14-6-17(11)13(15-12)18-2/h6-7H,3-5H2,1-2H3. The lowest BCUT2D eigenvalue weighted by Gasteiger charge is -2.17. The largest absolute Gasteiger partial charge is 0.259 e. The van der Waals surface area contributed by atoms with Crippen LogP contribution in [0.15, 0.2) is 11.5 Å². The minimum absolute atomic E-state index is 0.787. The SMILES string of the molecule is CSc1nc2sc3c(c2c2nncn12)CCC(C)C3. The van der Waals surface area contributed by atoms with Gasteiger partial charge in [-0.05, 0) is 37.0 Å². The second-order valence-corrected chi connectivity index (χ2v) is 7.01. The number of hydrogen-bond acceptors (Lipinski definition) is 5. The Morgan fingerprint density at radius 1 is 1.47 bits per heavy atom. The quantitative estimate of drug-likeness (QED) is 0.510. The summed E-state index contributed by atoms with van der Waals surface area (Å²) in [6, 6.07) is 0. The van der Waals surface area contributed by atoms with Crippen molar-refractivity contribution < 1.29 is 0 Å². The lowest BCUT2D eigenvalue weighted by atomic mass is 9.89. The molecule has 19 heavy (non-hydrogen) atoms. The zero-order valence-corrected chi connectivity index (χ0v) is 12.5. The first-order valence-electron chi connectivity index (χ1n) is 6.46. The molecule has 4 rings (SSSR count). The van der Waals surface area contributed by atoms with E-state index in [1.165, 1.54) is 28.7 Å². The van der Waals surface area contributed by atoms with Gasteiger partial charge in [0.25, 0.3) is 0 Å². The zero-order valence-electron chi connectivity index (χ0n) is 10.9. The van der Waals surface area contributed by atoms with Crippen LogP contribution in [0.2, 0.25) is 0 Å². The van der Waals surface area contributed by atoms with E-state index in [1.54, 1.807) is 18.1 Å². The Hall–Kier alpha value is -1.14. The molecular weight excluding hydrogens is 276 g/mol. The number of hydrogen-bond donors (Lipinski definition) is 0. The predicted octanol–water partition coefficient (Wildman–Crippen LogP) is 3.19. The minimum atomic E-state index is 0.787. The Kier molecular flexibility index (Phi) is 2.57. The van der Waals surface area contributed by atoms with E-state index in [2.05, 4.69) is 17.1 Å². The van der Waals surface area contributed by atoms with Crippen molar-refractivity contribution in [3.8, 4) is 0 Å². The van der Waals surface area contributed by atoms with Gasteiger partial charge in [-0.15, -0.1) is 21.5 Å². The van der Waals surface area contributed by atoms with Crippen molar-refractivity contribution in [1.29, 1.82) is 0 Å². The van der Waals surface area contributed by atoms with Crippen LogP contribution in [0.3, 0.4) is 0 Å². The molecule has 3 heterocycles. The maximum Gasteiger partial charge on any atom is 0.176 e. The monoisotopic (exact) mass is 290 g/mol. The van der Waals surface area contributed by atoms with Crippen molar-refractivity contribution in [2.45, 2.75) is 31.3 Å². The maximum atomic E-state index is 4.79. The van der Waals surface area contributed by atoms with E-state index in [9.17, 15) is 0 Å². The summed E-state index contributed by atoms with van der Waals surface area (Å²) >= 11 is 3.49. The third kappa shape index (κ3) is 1.63. The van der Waals surface area contributed by atoms with Crippen molar-refractivity contribution in [3.63, 3.8) is 0 Å². The Morgan fingerprint density at radius 3 is 3.21 bits per heavy atom. The van der Waals surface area contributed by atoms with Gasteiger partial charge in [-0.25, -0.2) is 4.98 Å². The number of fused-ring (bicyclic) bond motifs is 5. The summed E-state index contributed by atoms with van der Waals surface area (Å²) < 4.78 is 2.01. The van der Waals surface area contributed by atoms with E-state index < -0.39 is 0 Å². The van der Waals surface area contributed by atoms with Crippen LogP contribution in [0.1, 0.15) is 23.8 Å². The third-order valence-electron chi connectivity index (χ3n) is 3.85. The average Bonchev–Trinajstić information content (AvgIpc) is 2.99. The number of nitrogens with zero attached hydrogens (tertiary/aromatic N) is 4. The first kappa shape index (κ1) is 11.7. The van der Waals surface area contributed by atoms with Gasteiger partial charge in [-0.2, -0.15) is 0 Å². The molecule has 98 valence electrons. The maximum absolute atomic E-state index is 4.79. The predicted molar refractivity (Wildman–Crippen MR) is 79.1 cm³/mol. The zero-order chi connectivity index (χ0) is 13.0. The minimum Gasteiger partial charge on any atom is -0.259 e. The van der Waals surface area contributed by atoms with E-state index in [-0.39, 0.29) is 0 Å². The van der Waals surface area contributed by atoms with Gasteiger partial charge >= 0.3 is 0 Å². The van der Waals surface area contributed by atoms with Gasteiger partial charge in [0.05, 0.1) is 5.39 Å². The highest BCUT2D eigenvalue weighted by Crippen LogP contribution is 2.39. The molecule has 0 fully saturated rings. The van der Waals surface area contributed by atoms with Gasteiger partial charge in [-0.3, -0.25) is 4.40 Å². The van der Waals surface area contributed by atoms with Crippen molar-refractivity contribution in [3.05, 3.63) is 16.8 Å². The summed E-state index contributed by atoms with van der Waals surface area (Å²) in [5.74, 6) is 0.787. The van der Waals surface area contributed by atoms with E-state index >= 15 is 0 Å². The van der Waals surface area contributed by atoms with Crippen LogP contribution in [0.4, 0.5) is 0 Å². The Bertz CT molecular complexity index is 774. The van der Waals surface area contributed by atoms with Crippen LogP contribution in [-0.2, 0) is 12.8 Å². The van der Waals surface area contributed by atoms with E-state index in [0.717, 1.165) is 28.0 Å². The third-order valence-corrected chi connectivity index (χ3v) is 5.65. The van der Waals surface area contributed by atoms with Crippen molar-refractivity contribution in [2.75, 3.05) is 6.26 Å². The number of thioether (sulfide) groups is 1. The number of rotatable bonds is 1. The molecule has 0 bridgehead atoms. The van der Waals surface area contributed by atoms with Crippen LogP contribution < -0.4 is 0 Å². The van der Waals surface area contributed by atoms with Gasteiger partial charge in [0, 0.05) is 4.88 Å². The molecule has 4 nitrogen and oxygen atoms in total. The molecule has 1 aliphatic rings. The summed E-state index contributed by atoms with van der Waals surface area (Å²) in [7, 11) is 0. The molecule has 1 aliphatic carbocycles. The van der Waals surface area contributed by atoms with Crippen molar-refractivity contribution in [2.24, 2.45) is 5.92 Å². The topological polar surface area (TPSA) is 43.1 Å². The summed E-state index contributed by atoms with van der Waals surface area (Å²) in [6.45, 7) is 2.33. The molecule has 3 aromatic heterocycles. The Balaban J connectivity index is 2.11. The number of thiophene rings is 1. The van der Waals surface area contributed by atoms with Crippen molar-refractivity contribution >= 4 is 39.0 Å². The molecule has 1 atom stereocenters. The van der Waals surface area contributed by atoms with Gasteiger partial charge in [-0.1, -0.05) is 18.7 Å². The van der Waals surface area contributed by atoms with Gasteiger partial charge in [0.15, 0.2) is 10.8 Å². The summed E-state index contributed by atoms with van der Waals surface area (Å²) in [5.41, 5.74) is 2.44. The van der Waals surface area contributed by atoms with E-state index in [1.807, 2.05) is 22.0 Å². The molecular formula is C13H14N4S2. The molecule has 0 saturated heterocycles. The second-order valence-electron chi connectivity index (χ2n) is 5.15. The normalized spacial score (nSPS) is 19.2. The summed E-state index contributed by atoms with van der Waals surface area (Å²) in [6.07, 6.45) is 7.42. The van der Waals surface area contributed by atoms with Gasteiger partial charge < -0.3 is 0 Å². The molecule has 6 heteroatoms. The smallest absolute Gasteiger partial charge is 0.176 e. The number of aromatic nitrogens is 4. The molecule has 1 unspecified atom stereocenters. The summed E-state index contributed by atoms with van der Waals surface area (Å²) in [5, 5.41) is 10.6.